The second-order valence-corrected chi connectivity index (χ2v) is 5.23. The van der Waals surface area contributed by atoms with E-state index >= 15 is 0 Å². The Morgan fingerprint density at radius 2 is 1.81 bits per heavy atom. The van der Waals surface area contributed by atoms with E-state index in [0.717, 1.165) is 12.1 Å². The van der Waals surface area contributed by atoms with Gasteiger partial charge >= 0.3 is 6.03 Å². The van der Waals surface area contributed by atoms with E-state index in [-0.39, 0.29) is 29.9 Å². The number of hydrogen-bond acceptors (Lipinski definition) is 3. The molecule has 118 valence electrons. The van der Waals surface area contributed by atoms with Crippen LogP contribution in [0.15, 0.2) is 12.1 Å². The summed E-state index contributed by atoms with van der Waals surface area (Å²) in [6.45, 7) is 3.44. The third-order valence-electron chi connectivity index (χ3n) is 3.22. The fourth-order valence-corrected chi connectivity index (χ4v) is 1.74. The number of carbonyl (C=O) groups excluding carboxylic acids is 1. The van der Waals surface area contributed by atoms with Gasteiger partial charge in [0, 0.05) is 32.4 Å². The molecule has 0 saturated carbocycles. The molecule has 0 aliphatic rings. The second kappa shape index (κ2) is 7.21. The first kappa shape index (κ1) is 17.2. The van der Waals surface area contributed by atoms with E-state index in [2.05, 4.69) is 10.6 Å². The molecule has 0 unspecified atom stereocenters. The van der Waals surface area contributed by atoms with Crippen LogP contribution < -0.4 is 15.5 Å². The molecule has 0 aliphatic carbocycles. The minimum Gasteiger partial charge on any atom is -0.396 e. The Morgan fingerprint density at radius 1 is 1.29 bits per heavy atom. The van der Waals surface area contributed by atoms with Gasteiger partial charge in [-0.3, -0.25) is 0 Å². The Morgan fingerprint density at radius 3 is 2.24 bits per heavy atom. The first-order chi connectivity index (χ1) is 9.76. The Kier molecular flexibility index (Phi) is 5.90. The van der Waals surface area contributed by atoms with Crippen molar-refractivity contribution in [1.82, 2.24) is 5.32 Å². The predicted molar refractivity (Wildman–Crippen MR) is 78.6 cm³/mol. The number of carbonyl (C=O) groups is 1. The number of halogens is 2. The first-order valence-electron chi connectivity index (χ1n) is 6.61. The lowest BCUT2D eigenvalue weighted by Gasteiger charge is -2.20. The van der Waals surface area contributed by atoms with Gasteiger partial charge in [0.15, 0.2) is 11.6 Å². The molecule has 5 nitrogen and oxygen atoms in total. The van der Waals surface area contributed by atoms with Crippen molar-refractivity contribution < 1.29 is 18.7 Å². The molecule has 0 radical (unpaired) electrons. The van der Waals surface area contributed by atoms with Crippen LogP contribution in [-0.2, 0) is 0 Å². The van der Waals surface area contributed by atoms with Crippen LogP contribution in [0.3, 0.4) is 0 Å². The fraction of sp³-hybridized carbons (Fsp3) is 0.500. The average molecular weight is 301 g/mol. The summed E-state index contributed by atoms with van der Waals surface area (Å²) in [7, 11) is 3.05. The van der Waals surface area contributed by atoms with Gasteiger partial charge in [0.25, 0.3) is 0 Å². The second-order valence-electron chi connectivity index (χ2n) is 5.23. The highest BCUT2D eigenvalue weighted by molar-refractivity contribution is 5.89. The molecule has 0 aliphatic heterocycles. The molecular formula is C14H21F2N3O2. The van der Waals surface area contributed by atoms with Gasteiger partial charge in [-0.05, 0) is 25.0 Å². The van der Waals surface area contributed by atoms with E-state index in [1.807, 2.05) is 0 Å². The highest BCUT2D eigenvalue weighted by Crippen LogP contribution is 2.25. The maximum Gasteiger partial charge on any atom is 0.319 e. The lowest BCUT2D eigenvalue weighted by atomic mass is 10.1. The molecule has 0 heterocycles. The summed E-state index contributed by atoms with van der Waals surface area (Å²) in [5.41, 5.74) is -0.139. The van der Waals surface area contributed by atoms with Crippen molar-refractivity contribution in [3.05, 3.63) is 23.8 Å². The first-order valence-corrected chi connectivity index (χ1v) is 6.61. The monoisotopic (exact) mass is 301 g/mol. The number of anilines is 2. The van der Waals surface area contributed by atoms with E-state index in [0.29, 0.717) is 0 Å². The van der Waals surface area contributed by atoms with Gasteiger partial charge in [-0.2, -0.15) is 0 Å². The summed E-state index contributed by atoms with van der Waals surface area (Å²) in [5.74, 6) is -1.64. The summed E-state index contributed by atoms with van der Waals surface area (Å²) in [4.78, 5) is 13.0. The number of aliphatic hydroxyl groups is 1. The maximum atomic E-state index is 13.8. The number of rotatable bonds is 5. The number of nitrogens with one attached hydrogen (secondary N) is 2. The number of hydrogen-bond donors (Lipinski definition) is 3. The molecule has 21 heavy (non-hydrogen) atoms. The number of amides is 2. The molecule has 0 aromatic heterocycles. The van der Waals surface area contributed by atoms with Crippen molar-refractivity contribution in [2.24, 2.45) is 5.92 Å². The Labute approximate surface area is 122 Å². The van der Waals surface area contributed by atoms with Crippen LogP contribution >= 0.6 is 0 Å². The van der Waals surface area contributed by atoms with E-state index in [1.54, 1.807) is 13.8 Å². The van der Waals surface area contributed by atoms with Crippen molar-refractivity contribution >= 4 is 17.4 Å². The van der Waals surface area contributed by atoms with Crippen molar-refractivity contribution in [2.45, 2.75) is 19.9 Å². The van der Waals surface area contributed by atoms with E-state index < -0.39 is 17.7 Å². The van der Waals surface area contributed by atoms with Gasteiger partial charge < -0.3 is 20.6 Å². The number of benzene rings is 1. The molecule has 0 saturated heterocycles. The minimum atomic E-state index is -0.757. The molecule has 0 fully saturated rings. The Bertz CT molecular complexity index is 486. The smallest absolute Gasteiger partial charge is 0.319 e. The molecule has 2 atom stereocenters. The van der Waals surface area contributed by atoms with Crippen LogP contribution in [0, 0.1) is 17.6 Å². The molecule has 1 aromatic rings. The van der Waals surface area contributed by atoms with Gasteiger partial charge in [0.2, 0.25) is 0 Å². The SMILES string of the molecule is C[C@H](CO)[C@H](C)NC(=O)Nc1cc(F)c(N(C)C)c(F)c1. The van der Waals surface area contributed by atoms with Crippen LogP contribution in [0.25, 0.3) is 0 Å². The third kappa shape index (κ3) is 4.56. The molecule has 0 bridgehead atoms. The van der Waals surface area contributed by atoms with E-state index in [4.69, 9.17) is 5.11 Å². The molecule has 1 rings (SSSR count). The molecule has 7 heteroatoms. The predicted octanol–water partition coefficient (Wildman–Crippen LogP) is 2.17. The van der Waals surface area contributed by atoms with Crippen molar-refractivity contribution in [1.29, 1.82) is 0 Å². The van der Waals surface area contributed by atoms with Gasteiger partial charge in [0.05, 0.1) is 0 Å². The van der Waals surface area contributed by atoms with Crippen LogP contribution in [0.1, 0.15) is 13.8 Å². The lowest BCUT2D eigenvalue weighted by Crippen LogP contribution is -2.40. The zero-order valence-corrected chi connectivity index (χ0v) is 12.6. The summed E-state index contributed by atoms with van der Waals surface area (Å²) in [6, 6.07) is 1.25. The van der Waals surface area contributed by atoms with Crippen molar-refractivity contribution in [2.75, 3.05) is 30.9 Å². The molecule has 0 spiro atoms. The largest absolute Gasteiger partial charge is 0.396 e. The zero-order valence-electron chi connectivity index (χ0n) is 12.6. The van der Waals surface area contributed by atoms with Gasteiger partial charge in [-0.15, -0.1) is 0 Å². The quantitative estimate of drug-likeness (QED) is 0.781. The highest BCUT2D eigenvalue weighted by atomic mass is 19.1. The topological polar surface area (TPSA) is 64.6 Å². The van der Waals surface area contributed by atoms with E-state index in [1.165, 1.54) is 19.0 Å². The summed E-state index contributed by atoms with van der Waals surface area (Å²) in [6.07, 6.45) is 0. The molecule has 2 amide bonds. The van der Waals surface area contributed by atoms with Crippen molar-refractivity contribution in [3.63, 3.8) is 0 Å². The van der Waals surface area contributed by atoms with Crippen LogP contribution in [0.4, 0.5) is 25.0 Å². The Hall–Kier alpha value is -1.89. The van der Waals surface area contributed by atoms with Gasteiger partial charge in [-0.25, -0.2) is 13.6 Å². The summed E-state index contributed by atoms with van der Waals surface area (Å²) in [5, 5.41) is 13.9. The number of aliphatic hydroxyl groups excluding tert-OH is 1. The normalized spacial score (nSPS) is 13.5. The van der Waals surface area contributed by atoms with Gasteiger partial charge in [-0.1, -0.05) is 6.92 Å². The maximum absolute atomic E-state index is 13.8. The molecular weight excluding hydrogens is 280 g/mol. The number of urea groups is 1. The fourth-order valence-electron chi connectivity index (χ4n) is 1.74. The molecule has 1 aromatic carbocycles. The molecule has 3 N–H and O–H groups in total. The summed E-state index contributed by atoms with van der Waals surface area (Å²) < 4.78 is 27.5. The van der Waals surface area contributed by atoms with Crippen LogP contribution in [-0.4, -0.2) is 37.9 Å². The van der Waals surface area contributed by atoms with Crippen LogP contribution in [0.2, 0.25) is 0 Å². The summed E-state index contributed by atoms with van der Waals surface area (Å²) >= 11 is 0. The Balaban J connectivity index is 2.78. The van der Waals surface area contributed by atoms with E-state index in [9.17, 15) is 13.6 Å². The highest BCUT2D eigenvalue weighted by Gasteiger charge is 2.16. The third-order valence-corrected chi connectivity index (χ3v) is 3.22. The standard InChI is InChI=1S/C14H21F2N3O2/c1-8(7-20)9(2)17-14(21)18-10-5-11(15)13(19(3)4)12(16)6-10/h5-6,8-9,20H,7H2,1-4H3,(H2,17,18,21)/t8-,9+/m1/s1. The lowest BCUT2D eigenvalue weighted by molar-refractivity contribution is 0.204. The minimum absolute atomic E-state index is 0.0250. The van der Waals surface area contributed by atoms with Crippen LogP contribution in [0.5, 0.6) is 0 Å². The number of nitrogens with zero attached hydrogens (tertiary/aromatic N) is 1. The average Bonchev–Trinajstić information content (AvgIpc) is 2.35. The zero-order chi connectivity index (χ0) is 16.2. The van der Waals surface area contributed by atoms with Crippen molar-refractivity contribution in [3.8, 4) is 0 Å². The van der Waals surface area contributed by atoms with Gasteiger partial charge in [0.1, 0.15) is 5.69 Å².